The van der Waals surface area contributed by atoms with Crippen molar-refractivity contribution in [2.45, 2.75) is 12.8 Å². The van der Waals surface area contributed by atoms with Gasteiger partial charge in [0.1, 0.15) is 5.75 Å². The van der Waals surface area contributed by atoms with E-state index in [1.54, 1.807) is 7.11 Å². The molecule has 0 aliphatic heterocycles. The molecule has 0 unspecified atom stereocenters. The van der Waals surface area contributed by atoms with E-state index >= 15 is 0 Å². The molecule has 0 saturated carbocycles. The number of ether oxygens (including phenoxy) is 1. The summed E-state index contributed by atoms with van der Waals surface area (Å²) >= 11 is 0. The first kappa shape index (κ1) is 15.1. The highest BCUT2D eigenvalue weighted by Gasteiger charge is 2.16. The number of anilines is 1. The average molecular weight is 309 g/mol. The lowest BCUT2D eigenvalue weighted by Gasteiger charge is -2.07. The maximum absolute atomic E-state index is 11.9. The summed E-state index contributed by atoms with van der Waals surface area (Å²) in [7, 11) is 1.62. The number of fused-ring (bicyclic) bond motifs is 1. The van der Waals surface area contributed by atoms with Crippen LogP contribution >= 0.6 is 0 Å². The van der Waals surface area contributed by atoms with Gasteiger partial charge >= 0.3 is 0 Å². The van der Waals surface area contributed by atoms with E-state index in [0.29, 0.717) is 0 Å². The smallest absolute Gasteiger partial charge is 0.259 e. The second-order valence-corrected chi connectivity index (χ2v) is 5.33. The van der Waals surface area contributed by atoms with Crippen LogP contribution in [0.15, 0.2) is 53.6 Å². The molecule has 23 heavy (non-hydrogen) atoms. The number of nitrogens with zero attached hydrogens (tertiary/aromatic N) is 1. The predicted molar refractivity (Wildman–Crippen MR) is 90.9 cm³/mol. The molecule has 2 aromatic rings. The van der Waals surface area contributed by atoms with Crippen molar-refractivity contribution in [3.8, 4) is 5.75 Å². The monoisotopic (exact) mass is 309 g/mol. The third-order valence-electron chi connectivity index (χ3n) is 3.82. The van der Waals surface area contributed by atoms with Crippen LogP contribution in [0.5, 0.6) is 5.75 Å². The number of hydrogen-bond acceptors (Lipinski definition) is 4. The molecule has 2 aromatic carbocycles. The van der Waals surface area contributed by atoms with Crippen LogP contribution in [0.25, 0.3) is 0 Å². The number of rotatable bonds is 5. The maximum Gasteiger partial charge on any atom is 0.259 e. The van der Waals surface area contributed by atoms with Gasteiger partial charge < -0.3 is 10.1 Å². The van der Waals surface area contributed by atoms with Gasteiger partial charge in [0.15, 0.2) is 0 Å². The van der Waals surface area contributed by atoms with Crippen molar-refractivity contribution in [3.05, 3.63) is 59.7 Å². The van der Waals surface area contributed by atoms with Crippen molar-refractivity contribution in [3.63, 3.8) is 0 Å². The topological polar surface area (TPSA) is 62.7 Å². The highest BCUT2D eigenvalue weighted by molar-refractivity contribution is 6.04. The van der Waals surface area contributed by atoms with E-state index in [2.05, 4.69) is 21.9 Å². The van der Waals surface area contributed by atoms with Crippen LogP contribution in [0.4, 0.5) is 5.69 Å². The predicted octanol–water partition coefficient (Wildman–Crippen LogP) is 2.57. The highest BCUT2D eigenvalue weighted by atomic mass is 16.5. The normalized spacial score (nSPS) is 14.4. The van der Waals surface area contributed by atoms with Gasteiger partial charge in [-0.3, -0.25) is 4.79 Å². The largest absolute Gasteiger partial charge is 0.497 e. The average Bonchev–Trinajstić information content (AvgIpc) is 3.02. The lowest BCUT2D eigenvalue weighted by Crippen LogP contribution is -2.26. The molecule has 0 atom stereocenters. The number of nitrogens with one attached hydrogen (secondary N) is 2. The Hall–Kier alpha value is -2.82. The molecule has 1 aliphatic rings. The quantitative estimate of drug-likeness (QED) is 0.835. The zero-order valence-corrected chi connectivity index (χ0v) is 13.0. The Morgan fingerprint density at radius 2 is 1.91 bits per heavy atom. The first-order valence-electron chi connectivity index (χ1n) is 7.58. The van der Waals surface area contributed by atoms with E-state index in [1.807, 2.05) is 42.5 Å². The fourth-order valence-electron chi connectivity index (χ4n) is 2.58. The molecule has 0 spiro atoms. The summed E-state index contributed by atoms with van der Waals surface area (Å²) < 4.78 is 5.09. The second kappa shape index (κ2) is 6.96. The lowest BCUT2D eigenvalue weighted by atomic mass is 10.1. The number of carbonyl (C=O) groups is 1. The van der Waals surface area contributed by atoms with Gasteiger partial charge in [-0.05, 0) is 42.7 Å². The van der Waals surface area contributed by atoms with Crippen molar-refractivity contribution in [2.75, 3.05) is 19.0 Å². The molecule has 0 bridgehead atoms. The van der Waals surface area contributed by atoms with Crippen LogP contribution in [0.2, 0.25) is 0 Å². The van der Waals surface area contributed by atoms with Crippen molar-refractivity contribution in [1.82, 2.24) is 5.43 Å². The summed E-state index contributed by atoms with van der Waals surface area (Å²) in [5.74, 6) is 0.615. The minimum atomic E-state index is -0.169. The van der Waals surface area contributed by atoms with E-state index < -0.39 is 0 Å². The number of hydrogen-bond donors (Lipinski definition) is 2. The molecular weight excluding hydrogens is 290 g/mol. The summed E-state index contributed by atoms with van der Waals surface area (Å²) in [6.45, 7) is 0.171. The molecule has 0 heterocycles. The van der Waals surface area contributed by atoms with Gasteiger partial charge in [-0.2, -0.15) is 5.10 Å². The second-order valence-electron chi connectivity index (χ2n) is 5.33. The summed E-state index contributed by atoms with van der Waals surface area (Å²) in [5.41, 5.74) is 6.85. The SMILES string of the molecule is COc1ccc(NCC(=O)N/N=C2/CCc3ccccc32)cc1. The van der Waals surface area contributed by atoms with Crippen LogP contribution < -0.4 is 15.5 Å². The van der Waals surface area contributed by atoms with Crippen molar-refractivity contribution in [1.29, 1.82) is 0 Å². The van der Waals surface area contributed by atoms with Crippen molar-refractivity contribution >= 4 is 17.3 Å². The van der Waals surface area contributed by atoms with Crippen molar-refractivity contribution < 1.29 is 9.53 Å². The Morgan fingerprint density at radius 3 is 2.70 bits per heavy atom. The molecule has 0 fully saturated rings. The molecule has 5 heteroatoms. The summed E-state index contributed by atoms with van der Waals surface area (Å²) in [6.07, 6.45) is 1.85. The molecule has 2 N–H and O–H groups in total. The van der Waals surface area contributed by atoms with Crippen molar-refractivity contribution in [2.24, 2.45) is 5.10 Å². The van der Waals surface area contributed by atoms with Gasteiger partial charge in [0, 0.05) is 11.3 Å². The number of hydrazone groups is 1. The molecule has 0 radical (unpaired) electrons. The van der Waals surface area contributed by atoms with E-state index in [1.165, 1.54) is 5.56 Å². The molecule has 118 valence electrons. The Morgan fingerprint density at radius 1 is 1.13 bits per heavy atom. The van der Waals surface area contributed by atoms with Gasteiger partial charge in [0.05, 0.1) is 19.4 Å². The first-order chi connectivity index (χ1) is 11.3. The van der Waals surface area contributed by atoms with Crippen LogP contribution in [0.1, 0.15) is 17.5 Å². The number of amides is 1. The van der Waals surface area contributed by atoms with E-state index in [9.17, 15) is 4.79 Å². The third-order valence-corrected chi connectivity index (χ3v) is 3.82. The fraction of sp³-hybridized carbons (Fsp3) is 0.222. The standard InChI is InChI=1S/C18H19N3O2/c1-23-15-9-7-14(8-10-15)19-12-18(22)21-20-17-11-6-13-4-2-3-5-16(13)17/h2-5,7-10,19H,6,11-12H2,1H3,(H,21,22)/b20-17-. The van der Waals surface area contributed by atoms with Crippen LogP contribution in [-0.4, -0.2) is 25.3 Å². The minimum absolute atomic E-state index is 0.169. The fourth-order valence-corrected chi connectivity index (χ4v) is 2.58. The van der Waals surface area contributed by atoms with Crippen LogP contribution in [0.3, 0.4) is 0 Å². The maximum atomic E-state index is 11.9. The zero-order chi connectivity index (χ0) is 16.1. The molecule has 0 aromatic heterocycles. The Balaban J connectivity index is 1.53. The summed E-state index contributed by atoms with van der Waals surface area (Å²) in [6, 6.07) is 15.6. The molecule has 5 nitrogen and oxygen atoms in total. The molecular formula is C18H19N3O2. The minimum Gasteiger partial charge on any atom is -0.497 e. The van der Waals surface area contributed by atoms with E-state index in [0.717, 1.165) is 35.6 Å². The van der Waals surface area contributed by atoms with Gasteiger partial charge in [-0.25, -0.2) is 5.43 Å². The van der Waals surface area contributed by atoms with Crippen LogP contribution in [0, 0.1) is 0 Å². The Labute approximate surface area is 135 Å². The first-order valence-corrected chi connectivity index (χ1v) is 7.58. The van der Waals surface area contributed by atoms with Gasteiger partial charge in [-0.1, -0.05) is 24.3 Å². The number of methoxy groups -OCH3 is 1. The number of carbonyl (C=O) groups excluding carboxylic acids is 1. The van der Waals surface area contributed by atoms with E-state index in [4.69, 9.17) is 4.74 Å². The van der Waals surface area contributed by atoms with E-state index in [-0.39, 0.29) is 12.5 Å². The Kier molecular flexibility index (Phi) is 4.57. The number of benzene rings is 2. The lowest BCUT2D eigenvalue weighted by molar-refractivity contribution is -0.119. The van der Waals surface area contributed by atoms with Gasteiger partial charge in [0.2, 0.25) is 0 Å². The van der Waals surface area contributed by atoms with Gasteiger partial charge in [-0.15, -0.1) is 0 Å². The molecule has 0 saturated heterocycles. The van der Waals surface area contributed by atoms with Gasteiger partial charge in [0.25, 0.3) is 5.91 Å². The molecule has 1 amide bonds. The molecule has 3 rings (SSSR count). The molecule has 1 aliphatic carbocycles. The zero-order valence-electron chi connectivity index (χ0n) is 13.0. The Bertz CT molecular complexity index is 723. The van der Waals surface area contributed by atoms with Crippen LogP contribution in [-0.2, 0) is 11.2 Å². The number of aryl methyl sites for hydroxylation is 1. The highest BCUT2D eigenvalue weighted by Crippen LogP contribution is 2.21. The third kappa shape index (κ3) is 3.69. The summed E-state index contributed by atoms with van der Waals surface area (Å²) in [4.78, 5) is 11.9. The summed E-state index contributed by atoms with van der Waals surface area (Å²) in [5, 5.41) is 7.31.